The molecule has 0 radical (unpaired) electrons. The van der Waals surface area contributed by atoms with Gasteiger partial charge in [0.2, 0.25) is 0 Å². The van der Waals surface area contributed by atoms with E-state index in [0.29, 0.717) is 0 Å². The predicted octanol–water partition coefficient (Wildman–Crippen LogP) is -3.35. The zero-order valence-electron chi connectivity index (χ0n) is 10.3. The van der Waals surface area contributed by atoms with Gasteiger partial charge in [0.25, 0.3) is 5.56 Å². The van der Waals surface area contributed by atoms with E-state index in [-0.39, 0.29) is 0 Å². The summed E-state index contributed by atoms with van der Waals surface area (Å²) in [6.45, 7) is 0. The van der Waals surface area contributed by atoms with Gasteiger partial charge in [0.05, 0.1) is 0 Å². The van der Waals surface area contributed by atoms with Crippen LogP contribution in [0, 0.1) is 0 Å². The third kappa shape index (κ3) is 2.99. The van der Waals surface area contributed by atoms with Gasteiger partial charge in [0.1, 0.15) is 18.3 Å². The van der Waals surface area contributed by atoms with E-state index < -0.39 is 49.2 Å². The van der Waals surface area contributed by atoms with Gasteiger partial charge >= 0.3 is 13.3 Å². The highest BCUT2D eigenvalue weighted by atomic mass is 31.2. The summed E-state index contributed by atoms with van der Waals surface area (Å²) in [5.74, 6) is -2.37. The van der Waals surface area contributed by atoms with Crippen LogP contribution in [0.5, 0.6) is 0 Å². The van der Waals surface area contributed by atoms with Crippen LogP contribution in [0.4, 0.5) is 0 Å². The Morgan fingerprint density at radius 1 is 1.29 bits per heavy atom. The van der Waals surface area contributed by atoms with Crippen molar-refractivity contribution in [3.63, 3.8) is 0 Å². The van der Waals surface area contributed by atoms with Gasteiger partial charge in [-0.25, -0.2) is 4.79 Å². The number of nitrogens with zero attached hydrogens (tertiary/aromatic N) is 1. The molecule has 1 aliphatic rings. The highest BCUT2D eigenvalue weighted by molar-refractivity contribution is 7.52. The Labute approximate surface area is 116 Å². The second-order valence-electron chi connectivity index (χ2n) is 4.49. The van der Waals surface area contributed by atoms with Crippen LogP contribution in [-0.4, -0.2) is 58.8 Å². The Morgan fingerprint density at radius 3 is 2.43 bits per heavy atom. The lowest BCUT2D eigenvalue weighted by atomic mass is 10.1. The van der Waals surface area contributed by atoms with Gasteiger partial charge in [-0.15, -0.1) is 0 Å². The van der Waals surface area contributed by atoms with Gasteiger partial charge in [-0.1, -0.05) is 0 Å². The van der Waals surface area contributed by atoms with Crippen molar-refractivity contribution in [1.29, 1.82) is 0 Å². The maximum atomic E-state index is 11.6. The zero-order chi connectivity index (χ0) is 15.9. The summed E-state index contributed by atoms with van der Waals surface area (Å²) < 4.78 is 16.7. The largest absolute Gasteiger partial charge is 0.387 e. The minimum Gasteiger partial charge on any atom is -0.387 e. The van der Waals surface area contributed by atoms with Crippen molar-refractivity contribution >= 4 is 7.60 Å². The summed E-state index contributed by atoms with van der Waals surface area (Å²) in [5.41, 5.74) is -1.65. The number of rotatable bonds is 3. The normalized spacial score (nSPS) is 31.3. The van der Waals surface area contributed by atoms with Crippen LogP contribution >= 0.6 is 7.60 Å². The average Bonchev–Trinajstić information content (AvgIpc) is 2.65. The van der Waals surface area contributed by atoms with Crippen molar-refractivity contribution in [2.45, 2.75) is 30.4 Å². The molecular weight excluding hydrogens is 311 g/mol. The lowest BCUT2D eigenvalue weighted by Crippen LogP contribution is -2.39. The molecule has 0 amide bonds. The Balaban J connectivity index is 2.34. The van der Waals surface area contributed by atoms with E-state index in [2.05, 4.69) is 0 Å². The molecule has 0 aromatic carbocycles. The molecule has 2 heterocycles. The molecule has 0 unspecified atom stereocenters. The zero-order valence-corrected chi connectivity index (χ0v) is 11.2. The Kier molecular flexibility index (Phi) is 4.17. The first-order valence-electron chi connectivity index (χ1n) is 5.69. The molecule has 118 valence electrons. The maximum Gasteiger partial charge on any atom is 0.356 e. The van der Waals surface area contributed by atoms with Crippen molar-refractivity contribution in [3.05, 3.63) is 33.1 Å². The SMILES string of the molecule is O=c1ccn([C@@H]2O[C@H]([C@H](O)P(=O)(O)O)[C@@H](O)[C@H]2O)c(=O)[nH]1. The van der Waals surface area contributed by atoms with Gasteiger partial charge in [-0.2, -0.15) is 0 Å². The molecule has 1 saturated heterocycles. The number of ether oxygens (including phenoxy) is 1. The molecule has 2 rings (SSSR count). The van der Waals surface area contributed by atoms with Crippen LogP contribution in [0.25, 0.3) is 0 Å². The van der Waals surface area contributed by atoms with Crippen molar-refractivity contribution in [3.8, 4) is 0 Å². The van der Waals surface area contributed by atoms with Crippen LogP contribution < -0.4 is 11.2 Å². The topological polar surface area (TPSA) is 182 Å². The van der Waals surface area contributed by atoms with E-state index >= 15 is 0 Å². The number of nitrogens with one attached hydrogen (secondary N) is 1. The average molecular weight is 324 g/mol. The van der Waals surface area contributed by atoms with Crippen LogP contribution in [0.3, 0.4) is 0 Å². The van der Waals surface area contributed by atoms with Crippen molar-refractivity contribution in [2.24, 2.45) is 0 Å². The van der Waals surface area contributed by atoms with E-state index in [1.54, 1.807) is 0 Å². The number of aliphatic hydroxyl groups excluding tert-OH is 3. The van der Waals surface area contributed by atoms with Gasteiger partial charge in [-0.3, -0.25) is 18.9 Å². The number of aromatic nitrogens is 2. The van der Waals surface area contributed by atoms with E-state index in [4.69, 9.17) is 14.5 Å². The quantitative estimate of drug-likeness (QED) is 0.309. The molecule has 6 N–H and O–H groups in total. The van der Waals surface area contributed by atoms with Gasteiger partial charge in [0, 0.05) is 12.3 Å². The maximum absolute atomic E-state index is 11.6. The van der Waals surface area contributed by atoms with Crippen LogP contribution in [-0.2, 0) is 9.30 Å². The Morgan fingerprint density at radius 2 is 1.90 bits per heavy atom. The third-order valence-electron chi connectivity index (χ3n) is 3.04. The fourth-order valence-corrected chi connectivity index (χ4v) is 2.61. The smallest absolute Gasteiger partial charge is 0.356 e. The third-order valence-corrected chi connectivity index (χ3v) is 4.02. The van der Waals surface area contributed by atoms with E-state index in [0.717, 1.165) is 16.8 Å². The monoisotopic (exact) mass is 324 g/mol. The lowest BCUT2D eigenvalue weighted by molar-refractivity contribution is -0.0694. The molecule has 1 aliphatic heterocycles. The molecule has 0 spiro atoms. The first-order chi connectivity index (χ1) is 9.62. The molecule has 1 fully saturated rings. The molecule has 0 saturated carbocycles. The standard InChI is InChI=1S/C9H13N2O9P/c12-3-1-2-11(9(16)10-3)7-5(14)4(13)6(20-7)8(15)21(17,18)19/h1-2,4-8,13-15H,(H,10,12,16)(H2,17,18,19)/t4-,5+,6-,7+,8+/m0/s1. The second kappa shape index (κ2) is 5.46. The number of aromatic amines is 1. The van der Waals surface area contributed by atoms with Crippen LogP contribution in [0.2, 0.25) is 0 Å². The summed E-state index contributed by atoms with van der Waals surface area (Å²) in [6, 6.07) is 0.955. The van der Waals surface area contributed by atoms with E-state index in [9.17, 15) is 29.5 Å². The summed E-state index contributed by atoms with van der Waals surface area (Å²) in [4.78, 5) is 42.1. The van der Waals surface area contributed by atoms with E-state index in [1.165, 1.54) is 0 Å². The van der Waals surface area contributed by atoms with Crippen molar-refractivity contribution in [2.75, 3.05) is 0 Å². The molecule has 5 atom stereocenters. The van der Waals surface area contributed by atoms with Gasteiger partial charge < -0.3 is 29.8 Å². The Bertz CT molecular complexity index is 678. The van der Waals surface area contributed by atoms with Crippen molar-refractivity contribution in [1.82, 2.24) is 9.55 Å². The van der Waals surface area contributed by atoms with Gasteiger partial charge in [0.15, 0.2) is 12.1 Å². The van der Waals surface area contributed by atoms with Crippen LogP contribution in [0.1, 0.15) is 6.23 Å². The second-order valence-corrected chi connectivity index (χ2v) is 6.20. The number of hydrogen-bond donors (Lipinski definition) is 6. The Hall–Kier alpha value is -1.33. The molecule has 0 bridgehead atoms. The fourth-order valence-electron chi connectivity index (χ4n) is 1.98. The highest BCUT2D eigenvalue weighted by Gasteiger charge is 2.51. The molecule has 21 heavy (non-hydrogen) atoms. The highest BCUT2D eigenvalue weighted by Crippen LogP contribution is 2.46. The lowest BCUT2D eigenvalue weighted by Gasteiger charge is -2.21. The van der Waals surface area contributed by atoms with Crippen LogP contribution in [0.15, 0.2) is 21.9 Å². The predicted molar refractivity (Wildman–Crippen MR) is 65.3 cm³/mol. The molecule has 1 aromatic heterocycles. The van der Waals surface area contributed by atoms with Crippen molar-refractivity contribution < 1.29 is 34.4 Å². The first-order valence-corrected chi connectivity index (χ1v) is 7.37. The van der Waals surface area contributed by atoms with E-state index in [1.807, 2.05) is 4.98 Å². The number of hydrogen-bond acceptors (Lipinski definition) is 7. The summed E-state index contributed by atoms with van der Waals surface area (Å²) in [7, 11) is -4.99. The minimum atomic E-state index is -4.99. The molecular formula is C9H13N2O9P. The number of aliphatic hydroxyl groups is 3. The molecule has 11 nitrogen and oxygen atoms in total. The summed E-state index contributed by atoms with van der Waals surface area (Å²) in [5, 5.41) is 28.9. The number of H-pyrrole nitrogens is 1. The molecule has 0 aliphatic carbocycles. The fraction of sp³-hybridized carbons (Fsp3) is 0.556. The minimum absolute atomic E-state index is 0.698. The molecule has 1 aromatic rings. The van der Waals surface area contributed by atoms with Gasteiger partial charge in [-0.05, 0) is 0 Å². The molecule has 12 heteroatoms. The summed E-state index contributed by atoms with van der Waals surface area (Å²) in [6.07, 6.45) is -5.91. The first kappa shape index (κ1) is 16.0. The summed E-state index contributed by atoms with van der Waals surface area (Å²) >= 11 is 0.